The van der Waals surface area contributed by atoms with E-state index in [0.717, 1.165) is 19.0 Å². The van der Waals surface area contributed by atoms with Crippen LogP contribution in [0.5, 0.6) is 0 Å². The summed E-state index contributed by atoms with van der Waals surface area (Å²) in [5, 5.41) is 3.37. The third kappa shape index (κ3) is 2.13. The average molecular weight is 218 g/mol. The molecule has 1 heterocycles. The van der Waals surface area contributed by atoms with Crippen molar-refractivity contribution in [3.05, 3.63) is 34.9 Å². The molecular weight excluding hydrogens is 196 g/mol. The molecule has 1 atom stereocenters. The van der Waals surface area contributed by atoms with Crippen LogP contribution in [0.4, 0.5) is 0 Å². The average Bonchev–Trinajstić information content (AvgIpc) is 2.15. The summed E-state index contributed by atoms with van der Waals surface area (Å²) < 4.78 is 0. The monoisotopic (exact) mass is 218 g/mol. The molecule has 1 saturated heterocycles. The molecule has 2 rings (SSSR count). The Morgan fingerprint density at radius 1 is 1.25 bits per heavy atom. The number of nitrogens with zero attached hydrogens (tertiary/aromatic N) is 1. The van der Waals surface area contributed by atoms with E-state index in [9.17, 15) is 0 Å². The van der Waals surface area contributed by atoms with Crippen LogP contribution in [-0.4, -0.2) is 32.1 Å². The normalized spacial score (nSPS) is 18.6. The quantitative estimate of drug-likeness (QED) is 0.836. The molecule has 1 fully saturated rings. The fourth-order valence-electron chi connectivity index (χ4n) is 2.57. The van der Waals surface area contributed by atoms with Crippen LogP contribution in [0.1, 0.15) is 22.7 Å². The van der Waals surface area contributed by atoms with Crippen molar-refractivity contribution in [2.45, 2.75) is 19.9 Å². The molecule has 0 aliphatic carbocycles. The van der Waals surface area contributed by atoms with Gasteiger partial charge in [0.25, 0.3) is 0 Å². The Kier molecular flexibility index (Phi) is 3.31. The highest BCUT2D eigenvalue weighted by atomic mass is 15.1. The van der Waals surface area contributed by atoms with Gasteiger partial charge < -0.3 is 10.2 Å². The lowest BCUT2D eigenvalue weighted by Gasteiger charge is -2.39. The van der Waals surface area contributed by atoms with Gasteiger partial charge in [-0.3, -0.25) is 0 Å². The lowest BCUT2D eigenvalue weighted by Crippen LogP contribution is -2.48. The first-order valence-corrected chi connectivity index (χ1v) is 6.04. The third-order valence-electron chi connectivity index (χ3n) is 3.57. The van der Waals surface area contributed by atoms with Crippen LogP contribution < -0.4 is 5.32 Å². The Balaban J connectivity index is 2.33. The molecule has 0 spiro atoms. The Morgan fingerprint density at radius 3 is 2.44 bits per heavy atom. The van der Waals surface area contributed by atoms with Crippen LogP contribution in [0.2, 0.25) is 0 Å². The Hall–Kier alpha value is -0.860. The maximum atomic E-state index is 3.37. The van der Waals surface area contributed by atoms with E-state index in [1.807, 2.05) is 0 Å². The molecule has 1 N–H and O–H groups in total. The van der Waals surface area contributed by atoms with Gasteiger partial charge in [0.05, 0.1) is 0 Å². The van der Waals surface area contributed by atoms with Gasteiger partial charge >= 0.3 is 0 Å². The minimum absolute atomic E-state index is 0.557. The number of rotatable bonds is 3. The summed E-state index contributed by atoms with van der Waals surface area (Å²) >= 11 is 0. The van der Waals surface area contributed by atoms with Crippen LogP contribution in [0.15, 0.2) is 18.2 Å². The minimum Gasteiger partial charge on any atom is -0.316 e. The van der Waals surface area contributed by atoms with E-state index in [1.165, 1.54) is 16.7 Å². The topological polar surface area (TPSA) is 15.3 Å². The predicted octanol–water partition coefficient (Wildman–Crippen LogP) is 2.13. The smallest absolute Gasteiger partial charge is 0.0397 e. The second-order valence-electron chi connectivity index (χ2n) is 5.19. The fraction of sp³-hybridized carbons (Fsp3) is 0.571. The molecule has 0 bridgehead atoms. The Labute approximate surface area is 98.7 Å². The van der Waals surface area contributed by atoms with Gasteiger partial charge in [-0.1, -0.05) is 23.8 Å². The molecule has 0 amide bonds. The van der Waals surface area contributed by atoms with E-state index in [1.54, 1.807) is 0 Å². The van der Waals surface area contributed by atoms with Gasteiger partial charge in [-0.05, 0) is 39.1 Å². The first-order chi connectivity index (χ1) is 7.59. The number of benzene rings is 1. The van der Waals surface area contributed by atoms with E-state index in [-0.39, 0.29) is 0 Å². The van der Waals surface area contributed by atoms with Crippen LogP contribution in [0, 0.1) is 19.8 Å². The van der Waals surface area contributed by atoms with E-state index in [2.05, 4.69) is 56.4 Å². The second kappa shape index (κ2) is 4.56. The maximum absolute atomic E-state index is 3.37. The first-order valence-electron chi connectivity index (χ1n) is 6.04. The van der Waals surface area contributed by atoms with Crippen LogP contribution >= 0.6 is 0 Å². The third-order valence-corrected chi connectivity index (χ3v) is 3.57. The van der Waals surface area contributed by atoms with E-state index in [4.69, 9.17) is 0 Å². The summed E-state index contributed by atoms with van der Waals surface area (Å²) in [4.78, 5) is 2.35. The molecule has 16 heavy (non-hydrogen) atoms. The van der Waals surface area contributed by atoms with Gasteiger partial charge in [-0.25, -0.2) is 0 Å². The van der Waals surface area contributed by atoms with Crippen molar-refractivity contribution < 1.29 is 0 Å². The molecule has 1 aromatic rings. The predicted molar refractivity (Wildman–Crippen MR) is 68.7 cm³/mol. The molecule has 0 aromatic heterocycles. The van der Waals surface area contributed by atoms with E-state index in [0.29, 0.717) is 6.04 Å². The van der Waals surface area contributed by atoms with Crippen molar-refractivity contribution in [1.29, 1.82) is 0 Å². The number of aryl methyl sites for hydroxylation is 2. The van der Waals surface area contributed by atoms with Gasteiger partial charge in [0.15, 0.2) is 0 Å². The highest BCUT2D eigenvalue weighted by molar-refractivity contribution is 5.33. The van der Waals surface area contributed by atoms with E-state index < -0.39 is 0 Å². The second-order valence-corrected chi connectivity index (χ2v) is 5.19. The Morgan fingerprint density at radius 2 is 1.94 bits per heavy atom. The maximum Gasteiger partial charge on any atom is 0.0397 e. The zero-order valence-electron chi connectivity index (χ0n) is 10.7. The zero-order valence-corrected chi connectivity index (χ0v) is 10.7. The summed E-state index contributed by atoms with van der Waals surface area (Å²) in [7, 11) is 4.37. The molecule has 1 aliphatic heterocycles. The summed E-state index contributed by atoms with van der Waals surface area (Å²) in [6, 6.07) is 7.34. The van der Waals surface area contributed by atoms with Crippen LogP contribution in [0.3, 0.4) is 0 Å². The zero-order chi connectivity index (χ0) is 11.7. The Bertz CT molecular complexity index is 367. The van der Waals surface area contributed by atoms with E-state index >= 15 is 0 Å². The molecule has 2 heteroatoms. The number of hydrogen-bond donors (Lipinski definition) is 1. The lowest BCUT2D eigenvalue weighted by atomic mass is 9.85. The van der Waals surface area contributed by atoms with Crippen LogP contribution in [0.25, 0.3) is 0 Å². The van der Waals surface area contributed by atoms with Gasteiger partial charge in [-0.15, -0.1) is 0 Å². The summed E-state index contributed by atoms with van der Waals surface area (Å²) in [5.74, 6) is 0.760. The van der Waals surface area contributed by atoms with Crippen molar-refractivity contribution in [1.82, 2.24) is 10.2 Å². The van der Waals surface area contributed by atoms with Crippen molar-refractivity contribution >= 4 is 0 Å². The molecule has 0 radical (unpaired) electrons. The van der Waals surface area contributed by atoms with Crippen molar-refractivity contribution in [2.75, 3.05) is 27.2 Å². The first kappa shape index (κ1) is 11.6. The fourth-order valence-corrected chi connectivity index (χ4v) is 2.57. The van der Waals surface area contributed by atoms with Gasteiger partial charge in [0, 0.05) is 25.0 Å². The van der Waals surface area contributed by atoms with Gasteiger partial charge in [0.2, 0.25) is 0 Å². The van der Waals surface area contributed by atoms with Crippen molar-refractivity contribution in [2.24, 2.45) is 5.92 Å². The van der Waals surface area contributed by atoms with Gasteiger partial charge in [0.1, 0.15) is 0 Å². The highest BCUT2D eigenvalue weighted by Gasteiger charge is 2.30. The summed E-state index contributed by atoms with van der Waals surface area (Å²) in [6.07, 6.45) is 0. The molecule has 1 aromatic carbocycles. The highest BCUT2D eigenvalue weighted by Crippen LogP contribution is 2.31. The summed E-state index contributed by atoms with van der Waals surface area (Å²) in [5.41, 5.74) is 4.27. The van der Waals surface area contributed by atoms with Crippen molar-refractivity contribution in [3.63, 3.8) is 0 Å². The number of hydrogen-bond acceptors (Lipinski definition) is 2. The molecular formula is C14H22N2. The standard InChI is InChI=1S/C14H22N2/c1-10-5-6-11(2)13(7-10)14(16(3)4)12-8-15-9-12/h5-7,12,14-15H,8-9H2,1-4H3. The molecule has 1 unspecified atom stereocenters. The molecule has 1 aliphatic rings. The van der Waals surface area contributed by atoms with Gasteiger partial charge in [-0.2, -0.15) is 0 Å². The summed E-state index contributed by atoms with van der Waals surface area (Å²) in [6.45, 7) is 6.69. The molecule has 88 valence electrons. The molecule has 2 nitrogen and oxygen atoms in total. The lowest BCUT2D eigenvalue weighted by molar-refractivity contribution is 0.160. The van der Waals surface area contributed by atoms with Crippen LogP contribution in [-0.2, 0) is 0 Å². The largest absolute Gasteiger partial charge is 0.316 e. The number of nitrogens with one attached hydrogen (secondary N) is 1. The van der Waals surface area contributed by atoms with Crippen molar-refractivity contribution in [3.8, 4) is 0 Å². The molecule has 0 saturated carbocycles. The minimum atomic E-state index is 0.557. The SMILES string of the molecule is Cc1ccc(C)c(C(C2CNC2)N(C)C)c1.